The summed E-state index contributed by atoms with van der Waals surface area (Å²) in [5, 5.41) is 0.652. The Morgan fingerprint density at radius 2 is 2.00 bits per heavy atom. The molecule has 2 aromatic carbocycles. The number of ether oxygens (including phenoxy) is 1. The number of halogens is 1. The number of aromatic nitrogens is 1. The fourth-order valence-electron chi connectivity index (χ4n) is 2.44. The molecule has 0 spiro atoms. The van der Waals surface area contributed by atoms with Gasteiger partial charge in [0.15, 0.2) is 4.80 Å². The lowest BCUT2D eigenvalue weighted by Gasteiger charge is -2.05. The molecule has 130 valence electrons. The van der Waals surface area contributed by atoms with Crippen molar-refractivity contribution < 1.29 is 9.53 Å². The van der Waals surface area contributed by atoms with Crippen LogP contribution in [-0.2, 0) is 7.05 Å². The molecule has 0 radical (unpaired) electrons. The van der Waals surface area contributed by atoms with Crippen LogP contribution in [-0.4, -0.2) is 17.1 Å². The number of thiazole rings is 1. The summed E-state index contributed by atoms with van der Waals surface area (Å²) in [6, 6.07) is 12.8. The van der Waals surface area contributed by atoms with E-state index in [-0.39, 0.29) is 5.91 Å². The van der Waals surface area contributed by atoms with E-state index in [1.54, 1.807) is 24.3 Å². The zero-order valence-electron chi connectivity index (χ0n) is 14.2. The van der Waals surface area contributed by atoms with Crippen LogP contribution in [0.1, 0.15) is 30.1 Å². The van der Waals surface area contributed by atoms with Crippen molar-refractivity contribution >= 4 is 39.1 Å². The van der Waals surface area contributed by atoms with Gasteiger partial charge in [0.25, 0.3) is 5.91 Å². The summed E-state index contributed by atoms with van der Waals surface area (Å²) >= 11 is 7.69. The number of rotatable bonds is 5. The van der Waals surface area contributed by atoms with Gasteiger partial charge in [0.1, 0.15) is 5.75 Å². The molecule has 0 aliphatic rings. The molecule has 0 bridgehead atoms. The van der Waals surface area contributed by atoms with Crippen LogP contribution in [0.4, 0.5) is 0 Å². The molecule has 4 nitrogen and oxygen atoms in total. The molecule has 0 N–H and O–H groups in total. The number of unbranched alkanes of at least 4 members (excludes halogenated alkanes) is 1. The highest BCUT2D eigenvalue weighted by Crippen LogP contribution is 2.24. The van der Waals surface area contributed by atoms with Crippen LogP contribution in [0.15, 0.2) is 47.5 Å². The molecule has 1 heterocycles. The third kappa shape index (κ3) is 3.94. The maximum atomic E-state index is 12.5. The number of aryl methyl sites for hydroxylation is 1. The largest absolute Gasteiger partial charge is 0.494 e. The number of amides is 1. The summed E-state index contributed by atoms with van der Waals surface area (Å²) in [5.74, 6) is 0.489. The predicted octanol–water partition coefficient (Wildman–Crippen LogP) is 4.81. The molecule has 1 aromatic heterocycles. The molecule has 3 aromatic rings. The lowest BCUT2D eigenvalue weighted by atomic mass is 10.2. The maximum absolute atomic E-state index is 12.5. The zero-order valence-corrected chi connectivity index (χ0v) is 15.7. The number of fused-ring (bicyclic) bond motifs is 1. The minimum absolute atomic E-state index is 0.279. The topological polar surface area (TPSA) is 43.6 Å². The standard InChI is InChI=1S/C19H19ClN2O2S/c1-3-4-12-24-14-10-8-13(9-11-14)18(23)21-19-22(2)17-15(20)6-5-7-16(17)25-19/h5-11H,3-4,12H2,1-2H3. The van der Waals surface area contributed by atoms with Crippen molar-refractivity contribution in [3.63, 3.8) is 0 Å². The summed E-state index contributed by atoms with van der Waals surface area (Å²) in [7, 11) is 1.86. The van der Waals surface area contributed by atoms with Crippen molar-refractivity contribution in [2.24, 2.45) is 12.0 Å². The monoisotopic (exact) mass is 374 g/mol. The van der Waals surface area contributed by atoms with Crippen LogP contribution in [0, 0.1) is 0 Å². The quantitative estimate of drug-likeness (QED) is 0.601. The van der Waals surface area contributed by atoms with Gasteiger partial charge in [-0.15, -0.1) is 0 Å². The number of nitrogens with zero attached hydrogens (tertiary/aromatic N) is 2. The minimum atomic E-state index is -0.279. The van der Waals surface area contributed by atoms with Gasteiger partial charge in [0.05, 0.1) is 21.8 Å². The Labute approximate surface area is 155 Å². The minimum Gasteiger partial charge on any atom is -0.494 e. The van der Waals surface area contributed by atoms with E-state index in [1.807, 2.05) is 29.8 Å². The van der Waals surface area contributed by atoms with Gasteiger partial charge >= 0.3 is 0 Å². The van der Waals surface area contributed by atoms with Crippen LogP contribution in [0.25, 0.3) is 10.2 Å². The predicted molar refractivity (Wildman–Crippen MR) is 103 cm³/mol. The molecular weight excluding hydrogens is 356 g/mol. The van der Waals surface area contributed by atoms with Crippen molar-refractivity contribution in [2.75, 3.05) is 6.61 Å². The van der Waals surface area contributed by atoms with Gasteiger partial charge in [0, 0.05) is 12.6 Å². The van der Waals surface area contributed by atoms with E-state index in [4.69, 9.17) is 16.3 Å². The molecular formula is C19H19ClN2O2S. The first-order valence-electron chi connectivity index (χ1n) is 8.16. The third-order valence-corrected chi connectivity index (χ3v) is 5.24. The Bertz CT molecular complexity index is 958. The molecule has 0 saturated heterocycles. The number of para-hydroxylation sites is 1. The van der Waals surface area contributed by atoms with Gasteiger partial charge in [-0.2, -0.15) is 4.99 Å². The second kappa shape index (κ2) is 7.85. The van der Waals surface area contributed by atoms with Gasteiger partial charge in [-0.3, -0.25) is 4.79 Å². The van der Waals surface area contributed by atoms with E-state index in [2.05, 4.69) is 11.9 Å². The summed E-state index contributed by atoms with van der Waals surface area (Å²) in [6.07, 6.45) is 2.10. The molecule has 0 fully saturated rings. The fraction of sp³-hybridized carbons (Fsp3) is 0.263. The average molecular weight is 375 g/mol. The molecule has 0 atom stereocenters. The molecule has 0 aliphatic carbocycles. The van der Waals surface area contributed by atoms with Crippen LogP contribution in [0.5, 0.6) is 5.75 Å². The number of carbonyl (C=O) groups is 1. The molecule has 1 amide bonds. The first-order chi connectivity index (χ1) is 12.1. The highest BCUT2D eigenvalue weighted by Gasteiger charge is 2.09. The van der Waals surface area contributed by atoms with E-state index >= 15 is 0 Å². The van der Waals surface area contributed by atoms with Crippen LogP contribution in [0.2, 0.25) is 5.02 Å². The molecule has 25 heavy (non-hydrogen) atoms. The van der Waals surface area contributed by atoms with Crippen LogP contribution in [0.3, 0.4) is 0 Å². The maximum Gasteiger partial charge on any atom is 0.279 e. The van der Waals surface area contributed by atoms with Gasteiger partial charge in [-0.25, -0.2) is 0 Å². The molecule has 0 unspecified atom stereocenters. The third-order valence-electron chi connectivity index (χ3n) is 3.84. The van der Waals surface area contributed by atoms with E-state index in [0.29, 0.717) is 22.0 Å². The fourth-order valence-corrected chi connectivity index (χ4v) is 3.84. The average Bonchev–Trinajstić information content (AvgIpc) is 2.93. The number of hydrogen-bond donors (Lipinski definition) is 0. The Morgan fingerprint density at radius 1 is 1.24 bits per heavy atom. The first-order valence-corrected chi connectivity index (χ1v) is 9.35. The summed E-state index contributed by atoms with van der Waals surface area (Å²) < 4.78 is 8.46. The first kappa shape index (κ1) is 17.7. The highest BCUT2D eigenvalue weighted by atomic mass is 35.5. The van der Waals surface area contributed by atoms with E-state index in [9.17, 15) is 4.79 Å². The lowest BCUT2D eigenvalue weighted by Crippen LogP contribution is -2.13. The lowest BCUT2D eigenvalue weighted by molar-refractivity contribution is 0.0998. The molecule has 0 aliphatic heterocycles. The van der Waals surface area contributed by atoms with Gasteiger partial charge in [-0.05, 0) is 42.8 Å². The Kier molecular flexibility index (Phi) is 5.56. The number of benzene rings is 2. The molecule has 6 heteroatoms. The summed E-state index contributed by atoms with van der Waals surface area (Å²) in [5.41, 5.74) is 1.42. The Morgan fingerprint density at radius 3 is 2.68 bits per heavy atom. The highest BCUT2D eigenvalue weighted by molar-refractivity contribution is 7.16. The van der Waals surface area contributed by atoms with Gasteiger partial charge in [0.2, 0.25) is 0 Å². The number of hydrogen-bond acceptors (Lipinski definition) is 3. The van der Waals surface area contributed by atoms with Crippen molar-refractivity contribution in [1.82, 2.24) is 4.57 Å². The second-order valence-electron chi connectivity index (χ2n) is 5.67. The van der Waals surface area contributed by atoms with Gasteiger partial charge in [-0.1, -0.05) is 42.3 Å². The van der Waals surface area contributed by atoms with Crippen molar-refractivity contribution in [2.45, 2.75) is 19.8 Å². The second-order valence-corrected chi connectivity index (χ2v) is 7.09. The zero-order chi connectivity index (χ0) is 17.8. The summed E-state index contributed by atoms with van der Waals surface area (Å²) in [4.78, 5) is 17.3. The smallest absolute Gasteiger partial charge is 0.279 e. The number of carbonyl (C=O) groups excluding carboxylic acids is 1. The Balaban J connectivity index is 1.85. The van der Waals surface area contributed by atoms with E-state index in [0.717, 1.165) is 28.8 Å². The van der Waals surface area contributed by atoms with Gasteiger partial charge < -0.3 is 9.30 Å². The van der Waals surface area contributed by atoms with Crippen LogP contribution < -0.4 is 9.54 Å². The van der Waals surface area contributed by atoms with E-state index < -0.39 is 0 Å². The summed E-state index contributed by atoms with van der Waals surface area (Å²) in [6.45, 7) is 2.81. The van der Waals surface area contributed by atoms with Crippen LogP contribution >= 0.6 is 22.9 Å². The van der Waals surface area contributed by atoms with Crippen molar-refractivity contribution in [3.05, 3.63) is 57.9 Å². The van der Waals surface area contributed by atoms with Crippen molar-refractivity contribution in [1.29, 1.82) is 0 Å². The van der Waals surface area contributed by atoms with Crippen molar-refractivity contribution in [3.8, 4) is 5.75 Å². The SMILES string of the molecule is CCCCOc1ccc(C(=O)N=c2sc3cccc(Cl)c3n2C)cc1. The molecule has 3 rings (SSSR count). The normalized spacial score (nSPS) is 11.9. The molecule has 0 saturated carbocycles. The Hall–Kier alpha value is -2.11. The van der Waals surface area contributed by atoms with E-state index in [1.165, 1.54) is 11.3 Å².